The molecule has 0 saturated heterocycles. The Bertz CT molecular complexity index is 498. The minimum absolute atomic E-state index is 0.0507. The van der Waals surface area contributed by atoms with Gasteiger partial charge in [-0.05, 0) is 43.5 Å². The summed E-state index contributed by atoms with van der Waals surface area (Å²) >= 11 is 0. The van der Waals surface area contributed by atoms with E-state index >= 15 is 0 Å². The summed E-state index contributed by atoms with van der Waals surface area (Å²) in [7, 11) is -3.59. The van der Waals surface area contributed by atoms with Crippen LogP contribution in [0.1, 0.15) is 17.5 Å². The quantitative estimate of drug-likeness (QED) is 0.531. The lowest BCUT2D eigenvalue weighted by molar-refractivity contribution is 0.289. The van der Waals surface area contributed by atoms with E-state index in [1.165, 1.54) is 0 Å². The number of aliphatic hydroxyl groups is 1. The molecule has 0 fully saturated rings. The third-order valence-electron chi connectivity index (χ3n) is 2.54. The summed E-state index contributed by atoms with van der Waals surface area (Å²) in [6, 6.07) is 3.21. The molecule has 0 atom stereocenters. The molecule has 0 spiro atoms. The molecule has 6 heteroatoms. The van der Waals surface area contributed by atoms with E-state index < -0.39 is 10.0 Å². The lowest BCUT2D eigenvalue weighted by Crippen LogP contribution is -2.26. The first-order valence-electron chi connectivity index (χ1n) is 5.35. The summed E-state index contributed by atoms with van der Waals surface area (Å²) in [5.74, 6) is 0. The van der Waals surface area contributed by atoms with Gasteiger partial charge in [0.1, 0.15) is 4.90 Å². The van der Waals surface area contributed by atoms with Crippen molar-refractivity contribution < 1.29 is 13.5 Å². The Hall–Kier alpha value is -1.11. The predicted molar refractivity (Wildman–Crippen MR) is 67.2 cm³/mol. The van der Waals surface area contributed by atoms with E-state index in [0.717, 1.165) is 11.1 Å². The van der Waals surface area contributed by atoms with E-state index in [1.807, 2.05) is 13.8 Å². The van der Waals surface area contributed by atoms with Crippen molar-refractivity contribution in [2.45, 2.75) is 25.2 Å². The predicted octanol–water partition coefficient (Wildman–Crippen LogP) is 0.546. The fourth-order valence-electron chi connectivity index (χ4n) is 1.41. The van der Waals surface area contributed by atoms with Gasteiger partial charge in [-0.15, -0.1) is 0 Å². The summed E-state index contributed by atoms with van der Waals surface area (Å²) in [6.45, 7) is 3.86. The Labute approximate surface area is 102 Å². The first-order chi connectivity index (χ1) is 7.88. The molecule has 0 bridgehead atoms. The zero-order chi connectivity index (χ0) is 13.1. The molecule has 96 valence electrons. The maximum absolute atomic E-state index is 11.9. The number of aryl methyl sites for hydroxylation is 2. The standard InChI is InChI=1S/C11H18N2O3S/c1-8-6-10(12)11(7-9(8)2)17(15,16)13-4-3-5-14/h6-7,13-14H,3-5,12H2,1-2H3. The van der Waals surface area contributed by atoms with Gasteiger partial charge in [0, 0.05) is 13.2 Å². The summed E-state index contributed by atoms with van der Waals surface area (Å²) in [5, 5.41) is 8.61. The molecule has 1 aromatic rings. The van der Waals surface area contributed by atoms with Gasteiger partial charge in [-0.25, -0.2) is 13.1 Å². The maximum atomic E-state index is 11.9. The summed E-state index contributed by atoms with van der Waals surface area (Å²) < 4.78 is 26.2. The number of nitrogens with two attached hydrogens (primary N) is 1. The Morgan fingerprint density at radius 1 is 1.29 bits per heavy atom. The van der Waals surface area contributed by atoms with Crippen molar-refractivity contribution in [1.82, 2.24) is 4.72 Å². The number of benzene rings is 1. The van der Waals surface area contributed by atoms with Crippen molar-refractivity contribution in [2.24, 2.45) is 0 Å². The topological polar surface area (TPSA) is 92.4 Å². The minimum Gasteiger partial charge on any atom is -0.398 e. The van der Waals surface area contributed by atoms with Crippen molar-refractivity contribution in [2.75, 3.05) is 18.9 Å². The number of anilines is 1. The van der Waals surface area contributed by atoms with Crippen molar-refractivity contribution in [3.05, 3.63) is 23.3 Å². The molecule has 5 nitrogen and oxygen atoms in total. The van der Waals surface area contributed by atoms with E-state index in [9.17, 15) is 8.42 Å². The zero-order valence-electron chi connectivity index (χ0n) is 10.0. The minimum atomic E-state index is -3.59. The molecule has 1 rings (SSSR count). The molecule has 0 aromatic heterocycles. The van der Waals surface area contributed by atoms with Gasteiger partial charge in [0.2, 0.25) is 10.0 Å². The zero-order valence-corrected chi connectivity index (χ0v) is 10.8. The van der Waals surface area contributed by atoms with Crippen molar-refractivity contribution >= 4 is 15.7 Å². The van der Waals surface area contributed by atoms with Gasteiger partial charge < -0.3 is 10.8 Å². The van der Waals surface area contributed by atoms with Gasteiger partial charge >= 0.3 is 0 Å². The Morgan fingerprint density at radius 2 is 1.88 bits per heavy atom. The third kappa shape index (κ3) is 3.42. The molecule has 0 saturated carbocycles. The van der Waals surface area contributed by atoms with Gasteiger partial charge in [0.25, 0.3) is 0 Å². The van der Waals surface area contributed by atoms with Gasteiger partial charge in [-0.1, -0.05) is 0 Å². The highest BCUT2D eigenvalue weighted by Gasteiger charge is 2.17. The van der Waals surface area contributed by atoms with Crippen LogP contribution >= 0.6 is 0 Å². The van der Waals surface area contributed by atoms with Crippen molar-refractivity contribution in [3.8, 4) is 0 Å². The molecule has 0 aliphatic rings. The van der Waals surface area contributed by atoms with Gasteiger partial charge in [-0.2, -0.15) is 0 Å². The lowest BCUT2D eigenvalue weighted by atomic mass is 10.1. The second-order valence-corrected chi connectivity index (χ2v) is 5.68. The molecule has 1 aromatic carbocycles. The summed E-state index contributed by atoms with van der Waals surface area (Å²) in [4.78, 5) is 0.0959. The van der Waals surface area contributed by atoms with Crippen LogP contribution in [0.25, 0.3) is 0 Å². The normalized spacial score (nSPS) is 11.7. The largest absolute Gasteiger partial charge is 0.398 e. The highest BCUT2D eigenvalue weighted by atomic mass is 32.2. The highest BCUT2D eigenvalue weighted by molar-refractivity contribution is 7.89. The molecule has 0 radical (unpaired) electrons. The lowest BCUT2D eigenvalue weighted by Gasteiger charge is -2.11. The average molecular weight is 258 g/mol. The SMILES string of the molecule is Cc1cc(N)c(S(=O)(=O)NCCCO)cc1C. The molecule has 0 heterocycles. The maximum Gasteiger partial charge on any atom is 0.242 e. The number of nitrogens with one attached hydrogen (secondary N) is 1. The Kier molecular flexibility index (Phi) is 4.50. The van der Waals surface area contributed by atoms with Crippen molar-refractivity contribution in [3.63, 3.8) is 0 Å². The van der Waals surface area contributed by atoms with Crippen LogP contribution < -0.4 is 10.5 Å². The Balaban J connectivity index is 3.03. The van der Waals surface area contributed by atoms with Crippen LogP contribution in [-0.4, -0.2) is 26.7 Å². The number of nitrogen functional groups attached to an aromatic ring is 1. The van der Waals surface area contributed by atoms with E-state index in [2.05, 4.69) is 4.72 Å². The molecule has 0 unspecified atom stereocenters. The van der Waals surface area contributed by atoms with Gasteiger partial charge in [0.15, 0.2) is 0 Å². The molecule has 0 amide bonds. The van der Waals surface area contributed by atoms with Crippen LogP contribution in [0.2, 0.25) is 0 Å². The highest BCUT2D eigenvalue weighted by Crippen LogP contribution is 2.22. The van der Waals surface area contributed by atoms with Crippen LogP contribution in [0.15, 0.2) is 17.0 Å². The molecule has 0 aliphatic heterocycles. The van der Waals surface area contributed by atoms with E-state index in [1.54, 1.807) is 12.1 Å². The van der Waals surface area contributed by atoms with Crippen molar-refractivity contribution in [1.29, 1.82) is 0 Å². The van der Waals surface area contributed by atoms with Crippen LogP contribution in [0, 0.1) is 13.8 Å². The van der Waals surface area contributed by atoms with Crippen LogP contribution in [0.4, 0.5) is 5.69 Å². The van der Waals surface area contributed by atoms with Crippen LogP contribution in [0.5, 0.6) is 0 Å². The fourth-order valence-corrected chi connectivity index (χ4v) is 2.68. The van der Waals surface area contributed by atoms with Crippen LogP contribution in [0.3, 0.4) is 0 Å². The second-order valence-electron chi connectivity index (χ2n) is 3.95. The molecular weight excluding hydrogens is 240 g/mol. The number of aliphatic hydroxyl groups excluding tert-OH is 1. The number of hydrogen-bond acceptors (Lipinski definition) is 4. The Morgan fingerprint density at radius 3 is 2.47 bits per heavy atom. The smallest absolute Gasteiger partial charge is 0.242 e. The molecule has 0 aliphatic carbocycles. The second kappa shape index (κ2) is 5.48. The van der Waals surface area contributed by atoms with Crippen LogP contribution in [-0.2, 0) is 10.0 Å². The molecule has 17 heavy (non-hydrogen) atoms. The number of sulfonamides is 1. The van der Waals surface area contributed by atoms with E-state index in [-0.39, 0.29) is 23.7 Å². The monoisotopic (exact) mass is 258 g/mol. The number of rotatable bonds is 5. The fraction of sp³-hybridized carbons (Fsp3) is 0.455. The molecular formula is C11H18N2O3S. The third-order valence-corrected chi connectivity index (χ3v) is 4.06. The summed E-state index contributed by atoms with van der Waals surface area (Å²) in [6.07, 6.45) is 0.379. The van der Waals surface area contributed by atoms with E-state index in [4.69, 9.17) is 10.8 Å². The first kappa shape index (κ1) is 14.0. The molecule has 4 N–H and O–H groups in total. The average Bonchev–Trinajstić information content (AvgIpc) is 2.23. The van der Waals surface area contributed by atoms with Gasteiger partial charge in [-0.3, -0.25) is 0 Å². The summed E-state index contributed by atoms with van der Waals surface area (Å²) in [5.41, 5.74) is 7.78. The van der Waals surface area contributed by atoms with Gasteiger partial charge in [0.05, 0.1) is 5.69 Å². The van der Waals surface area contributed by atoms with E-state index in [0.29, 0.717) is 6.42 Å². The number of hydrogen-bond donors (Lipinski definition) is 3. The first-order valence-corrected chi connectivity index (χ1v) is 6.84.